The van der Waals surface area contributed by atoms with Crippen molar-refractivity contribution in [3.05, 3.63) is 95.3 Å². The van der Waals surface area contributed by atoms with Crippen LogP contribution in [0.5, 0.6) is 0 Å². The number of nitrogens with zero attached hydrogens (tertiary/aromatic N) is 1. The first-order valence-electron chi connectivity index (χ1n) is 12.8. The first kappa shape index (κ1) is 27.2. The van der Waals surface area contributed by atoms with Crippen LogP contribution in [0.25, 0.3) is 11.1 Å². The standard InChI is InChI=1S/C30H32F3N3O2/c1-3-34-29(38)35-16-14-30(23-8-10-24(31)11-9-23)15-17-36(28(37)19-30)20(2)21-4-6-22(7-5-21)26-13-12-25(32)18-27(26)33/h4-13,18,20H,3,14-17,19H2,1-2H3,(H2,34,35,38)/t20-,30+/m0/s1. The summed E-state index contributed by atoms with van der Waals surface area (Å²) in [4.78, 5) is 27.2. The van der Waals surface area contributed by atoms with Gasteiger partial charge in [0.05, 0.1) is 6.04 Å². The van der Waals surface area contributed by atoms with Gasteiger partial charge < -0.3 is 15.5 Å². The first-order chi connectivity index (χ1) is 18.2. The van der Waals surface area contributed by atoms with E-state index in [1.54, 1.807) is 24.3 Å². The molecule has 2 atom stereocenters. The average molecular weight is 524 g/mol. The van der Waals surface area contributed by atoms with Gasteiger partial charge in [0.25, 0.3) is 0 Å². The van der Waals surface area contributed by atoms with Gasteiger partial charge in [-0.25, -0.2) is 18.0 Å². The minimum atomic E-state index is -0.629. The second-order valence-corrected chi connectivity index (χ2v) is 9.76. The Morgan fingerprint density at radius 3 is 2.29 bits per heavy atom. The van der Waals surface area contributed by atoms with E-state index in [9.17, 15) is 22.8 Å². The highest BCUT2D eigenvalue weighted by molar-refractivity contribution is 5.79. The molecule has 2 N–H and O–H groups in total. The highest BCUT2D eigenvalue weighted by Gasteiger charge is 2.41. The van der Waals surface area contributed by atoms with Crippen LogP contribution in [0, 0.1) is 17.5 Å². The van der Waals surface area contributed by atoms with Gasteiger partial charge in [-0.15, -0.1) is 0 Å². The Balaban J connectivity index is 1.49. The highest BCUT2D eigenvalue weighted by atomic mass is 19.1. The number of hydrogen-bond donors (Lipinski definition) is 2. The Labute approximate surface area is 221 Å². The summed E-state index contributed by atoms with van der Waals surface area (Å²) in [7, 11) is 0. The van der Waals surface area contributed by atoms with E-state index in [-0.39, 0.29) is 30.2 Å². The van der Waals surface area contributed by atoms with Crippen LogP contribution in [0.2, 0.25) is 0 Å². The molecule has 0 unspecified atom stereocenters. The van der Waals surface area contributed by atoms with Crippen LogP contribution in [0.4, 0.5) is 18.0 Å². The number of likely N-dealkylation sites (tertiary alicyclic amines) is 1. The summed E-state index contributed by atoms with van der Waals surface area (Å²) in [6, 6.07) is 16.5. The van der Waals surface area contributed by atoms with Crippen LogP contribution in [0.1, 0.15) is 50.3 Å². The van der Waals surface area contributed by atoms with E-state index in [0.29, 0.717) is 43.6 Å². The Hall–Kier alpha value is -3.81. The fourth-order valence-corrected chi connectivity index (χ4v) is 5.24. The summed E-state index contributed by atoms with van der Waals surface area (Å²) in [6.07, 6.45) is 1.44. The number of halogens is 3. The highest BCUT2D eigenvalue weighted by Crippen LogP contribution is 2.41. The lowest BCUT2D eigenvalue weighted by Gasteiger charge is -2.44. The number of amides is 3. The number of piperidine rings is 1. The van der Waals surface area contributed by atoms with Crippen molar-refractivity contribution >= 4 is 11.9 Å². The van der Waals surface area contributed by atoms with E-state index in [1.807, 2.05) is 30.9 Å². The van der Waals surface area contributed by atoms with Crippen LogP contribution in [-0.2, 0) is 10.2 Å². The maximum atomic E-state index is 14.2. The summed E-state index contributed by atoms with van der Waals surface area (Å²) in [5.41, 5.74) is 2.19. The fraction of sp³-hybridized carbons (Fsp3) is 0.333. The van der Waals surface area contributed by atoms with Gasteiger partial charge in [0.2, 0.25) is 5.91 Å². The van der Waals surface area contributed by atoms with Gasteiger partial charge in [-0.05, 0) is 67.6 Å². The van der Waals surface area contributed by atoms with Crippen molar-refractivity contribution in [2.24, 2.45) is 0 Å². The molecular weight excluding hydrogens is 491 g/mol. The minimum absolute atomic E-state index is 0.0280. The van der Waals surface area contributed by atoms with Crippen molar-refractivity contribution < 1.29 is 22.8 Å². The van der Waals surface area contributed by atoms with E-state index < -0.39 is 17.0 Å². The lowest BCUT2D eigenvalue weighted by molar-refractivity contribution is -0.138. The van der Waals surface area contributed by atoms with Crippen molar-refractivity contribution in [3.8, 4) is 11.1 Å². The monoisotopic (exact) mass is 523 g/mol. The molecule has 1 fully saturated rings. The van der Waals surface area contributed by atoms with Gasteiger partial charge in [0.1, 0.15) is 17.5 Å². The Kier molecular flexibility index (Phi) is 8.39. The van der Waals surface area contributed by atoms with E-state index in [0.717, 1.165) is 17.2 Å². The third kappa shape index (κ3) is 6.01. The maximum absolute atomic E-state index is 14.2. The number of rotatable bonds is 8. The predicted molar refractivity (Wildman–Crippen MR) is 141 cm³/mol. The molecule has 0 aromatic heterocycles. The lowest BCUT2D eigenvalue weighted by Crippen LogP contribution is -2.48. The molecule has 0 bridgehead atoms. The van der Waals surface area contributed by atoms with Gasteiger partial charge in [-0.1, -0.05) is 36.4 Å². The topological polar surface area (TPSA) is 61.4 Å². The summed E-state index contributed by atoms with van der Waals surface area (Å²) in [5.74, 6) is -1.63. The molecule has 200 valence electrons. The SMILES string of the molecule is CCNC(=O)NCC[C@@]1(c2ccc(F)cc2)CCN([C@@H](C)c2ccc(-c3ccc(F)cc3F)cc2)C(=O)C1. The van der Waals surface area contributed by atoms with Gasteiger partial charge in [0.15, 0.2) is 0 Å². The summed E-state index contributed by atoms with van der Waals surface area (Å²) >= 11 is 0. The molecule has 3 amide bonds. The molecule has 0 spiro atoms. The number of urea groups is 1. The Morgan fingerprint density at radius 1 is 0.974 bits per heavy atom. The molecule has 4 rings (SSSR count). The third-order valence-electron chi connectivity index (χ3n) is 7.43. The molecule has 8 heteroatoms. The zero-order chi connectivity index (χ0) is 27.3. The van der Waals surface area contributed by atoms with Crippen molar-refractivity contribution in [1.29, 1.82) is 0 Å². The number of carbonyl (C=O) groups excluding carboxylic acids is 2. The normalized spacial score (nSPS) is 18.2. The van der Waals surface area contributed by atoms with Gasteiger partial charge in [-0.2, -0.15) is 0 Å². The molecular formula is C30H32F3N3O2. The van der Waals surface area contributed by atoms with Crippen molar-refractivity contribution in [1.82, 2.24) is 15.5 Å². The fourth-order valence-electron chi connectivity index (χ4n) is 5.24. The minimum Gasteiger partial charge on any atom is -0.338 e. The molecule has 1 aliphatic heterocycles. The molecule has 5 nitrogen and oxygen atoms in total. The van der Waals surface area contributed by atoms with Gasteiger partial charge in [-0.3, -0.25) is 4.79 Å². The maximum Gasteiger partial charge on any atom is 0.314 e. The Bertz CT molecular complexity index is 1280. The van der Waals surface area contributed by atoms with E-state index in [1.165, 1.54) is 24.3 Å². The molecule has 0 saturated carbocycles. The van der Waals surface area contributed by atoms with E-state index in [4.69, 9.17) is 0 Å². The Morgan fingerprint density at radius 2 is 1.66 bits per heavy atom. The first-order valence-corrected chi connectivity index (χ1v) is 12.8. The zero-order valence-electron chi connectivity index (χ0n) is 21.6. The lowest BCUT2D eigenvalue weighted by atomic mass is 9.70. The second kappa shape index (κ2) is 11.7. The molecule has 0 aliphatic carbocycles. The third-order valence-corrected chi connectivity index (χ3v) is 7.43. The largest absolute Gasteiger partial charge is 0.338 e. The smallest absolute Gasteiger partial charge is 0.314 e. The number of benzene rings is 3. The molecule has 3 aromatic carbocycles. The van der Waals surface area contributed by atoms with E-state index >= 15 is 0 Å². The zero-order valence-corrected chi connectivity index (χ0v) is 21.6. The predicted octanol–water partition coefficient (Wildman–Crippen LogP) is 6.10. The van der Waals surface area contributed by atoms with Crippen LogP contribution < -0.4 is 10.6 Å². The molecule has 1 aliphatic rings. The van der Waals surface area contributed by atoms with Crippen molar-refractivity contribution in [2.75, 3.05) is 19.6 Å². The van der Waals surface area contributed by atoms with Crippen molar-refractivity contribution in [3.63, 3.8) is 0 Å². The average Bonchev–Trinajstić information content (AvgIpc) is 2.89. The summed E-state index contributed by atoms with van der Waals surface area (Å²) in [5, 5.41) is 5.54. The van der Waals surface area contributed by atoms with Crippen LogP contribution >= 0.6 is 0 Å². The van der Waals surface area contributed by atoms with Gasteiger partial charge in [0, 0.05) is 43.1 Å². The number of carbonyl (C=O) groups is 2. The number of hydrogen-bond acceptors (Lipinski definition) is 2. The number of nitrogens with one attached hydrogen (secondary N) is 2. The molecule has 38 heavy (non-hydrogen) atoms. The molecule has 3 aromatic rings. The molecule has 1 heterocycles. The summed E-state index contributed by atoms with van der Waals surface area (Å²) < 4.78 is 41.1. The van der Waals surface area contributed by atoms with Crippen LogP contribution in [0.15, 0.2) is 66.7 Å². The molecule has 1 saturated heterocycles. The molecule has 0 radical (unpaired) electrons. The van der Waals surface area contributed by atoms with E-state index in [2.05, 4.69) is 10.6 Å². The summed E-state index contributed by atoms with van der Waals surface area (Å²) in [6.45, 7) is 5.18. The van der Waals surface area contributed by atoms with Gasteiger partial charge >= 0.3 is 6.03 Å². The van der Waals surface area contributed by atoms with Crippen molar-refractivity contribution in [2.45, 2.75) is 44.6 Å². The van der Waals surface area contributed by atoms with Crippen LogP contribution in [0.3, 0.4) is 0 Å². The second-order valence-electron chi connectivity index (χ2n) is 9.76. The quantitative estimate of drug-likeness (QED) is 0.375. The van der Waals surface area contributed by atoms with Crippen LogP contribution in [-0.4, -0.2) is 36.5 Å².